The molecule has 0 atom stereocenters. The predicted molar refractivity (Wildman–Crippen MR) is 228 cm³/mol. The summed E-state index contributed by atoms with van der Waals surface area (Å²) in [6.07, 6.45) is 3.67. The van der Waals surface area contributed by atoms with Gasteiger partial charge in [-0.3, -0.25) is 4.99 Å². The third kappa shape index (κ3) is 10.6. The predicted octanol–water partition coefficient (Wildman–Crippen LogP) is 5.26. The zero-order chi connectivity index (χ0) is 40.3. The van der Waals surface area contributed by atoms with Crippen LogP contribution in [0.2, 0.25) is 25.7 Å². The monoisotopic (exact) mass is 809 g/mol. The van der Waals surface area contributed by atoms with E-state index in [4.69, 9.17) is 44.0 Å². The number of nitrogens with zero attached hydrogens (tertiary/aromatic N) is 7. The molecule has 2 fully saturated rings. The molecule has 2 N–H and O–H groups in total. The first-order chi connectivity index (χ1) is 28.3. The Morgan fingerprint density at radius 1 is 0.707 bits per heavy atom. The molecule has 3 aliphatic rings. The number of aromatic nitrogens is 4. The molecule has 14 nitrogen and oxygen atoms in total. The van der Waals surface area contributed by atoms with E-state index in [1.165, 1.54) is 5.56 Å². The first kappa shape index (κ1) is 41.3. The third-order valence-corrected chi connectivity index (χ3v) is 11.8. The molecule has 0 radical (unpaired) electrons. The van der Waals surface area contributed by atoms with Crippen LogP contribution in [0.1, 0.15) is 16.7 Å². The van der Waals surface area contributed by atoms with Gasteiger partial charge in [-0.15, -0.1) is 0 Å². The van der Waals surface area contributed by atoms with Gasteiger partial charge in [0.15, 0.2) is 0 Å². The smallest absolute Gasteiger partial charge is 0.140 e. The standard InChI is InChI=1S/C24H34N4O4Si.C19H21N3O3/c1-33(2,3)15-14-31-18-28-22-5-4-20(32-13-10-29)17-21(22)24(26-28)19-6-7-25-23(16-19)27-8-11-30-12-9-27;23-7-10-25-16-2-1-15-13-21-19(17(15)12-16)14-3-4-20-18(11-14)22-5-8-24-9-6-22/h4-7,16-17,29H,8-15,18H2,1-3H3;1-4,11-12,23H,5-10,13H2. The molecule has 15 heteroatoms. The Kier molecular flexibility index (Phi) is 14.0. The lowest BCUT2D eigenvalue weighted by Gasteiger charge is -2.28. The van der Waals surface area contributed by atoms with Gasteiger partial charge in [-0.1, -0.05) is 25.7 Å². The van der Waals surface area contributed by atoms with Crippen molar-refractivity contribution in [1.82, 2.24) is 19.7 Å². The molecular weight excluding hydrogens is 755 g/mol. The van der Waals surface area contributed by atoms with Crippen LogP contribution >= 0.6 is 0 Å². The largest absolute Gasteiger partial charge is 0.491 e. The van der Waals surface area contributed by atoms with Crippen molar-refractivity contribution in [2.75, 3.05) is 95.4 Å². The lowest BCUT2D eigenvalue weighted by molar-refractivity contribution is 0.0818. The van der Waals surface area contributed by atoms with Crippen LogP contribution in [0, 0.1) is 0 Å². The second-order valence-electron chi connectivity index (χ2n) is 15.5. The van der Waals surface area contributed by atoms with Crippen LogP contribution in [0.25, 0.3) is 22.2 Å². The van der Waals surface area contributed by atoms with Gasteiger partial charge in [0.05, 0.1) is 57.4 Å². The molecule has 308 valence electrons. The second kappa shape index (κ2) is 19.7. The summed E-state index contributed by atoms with van der Waals surface area (Å²) in [5, 5.41) is 24.0. The zero-order valence-corrected chi connectivity index (χ0v) is 34.8. The molecule has 0 saturated carbocycles. The highest BCUT2D eigenvalue weighted by atomic mass is 28.3. The van der Waals surface area contributed by atoms with Gasteiger partial charge in [-0.2, -0.15) is 5.10 Å². The van der Waals surface area contributed by atoms with Gasteiger partial charge in [0.25, 0.3) is 0 Å². The highest BCUT2D eigenvalue weighted by Gasteiger charge is 2.21. The summed E-state index contributed by atoms with van der Waals surface area (Å²) in [5.74, 6) is 3.35. The summed E-state index contributed by atoms with van der Waals surface area (Å²) in [6.45, 7) is 15.7. The Bertz CT molecular complexity index is 2150. The fourth-order valence-electron chi connectivity index (χ4n) is 6.98. The van der Waals surface area contributed by atoms with Crippen LogP contribution in [0.4, 0.5) is 11.6 Å². The van der Waals surface area contributed by atoms with Gasteiger partial charge in [0, 0.05) is 75.3 Å². The van der Waals surface area contributed by atoms with Crippen molar-refractivity contribution in [2.24, 2.45) is 4.99 Å². The van der Waals surface area contributed by atoms with E-state index in [0.717, 1.165) is 108 Å². The van der Waals surface area contributed by atoms with Crippen LogP contribution in [0.3, 0.4) is 0 Å². The van der Waals surface area contributed by atoms with E-state index in [1.54, 1.807) is 0 Å². The molecule has 0 unspecified atom stereocenters. The molecule has 6 heterocycles. The quantitative estimate of drug-likeness (QED) is 0.105. The molecule has 5 aromatic rings. The van der Waals surface area contributed by atoms with Gasteiger partial charge in [-0.25, -0.2) is 14.6 Å². The van der Waals surface area contributed by atoms with Gasteiger partial charge >= 0.3 is 0 Å². The highest BCUT2D eigenvalue weighted by Crippen LogP contribution is 2.33. The van der Waals surface area contributed by atoms with E-state index < -0.39 is 8.07 Å². The number of aliphatic hydroxyl groups is 2. The number of pyridine rings is 2. The van der Waals surface area contributed by atoms with Crippen LogP contribution in [0.5, 0.6) is 11.5 Å². The first-order valence-corrected chi connectivity index (χ1v) is 23.8. The van der Waals surface area contributed by atoms with Crippen molar-refractivity contribution >= 4 is 36.3 Å². The van der Waals surface area contributed by atoms with E-state index in [0.29, 0.717) is 38.8 Å². The fourth-order valence-corrected chi connectivity index (χ4v) is 7.73. The van der Waals surface area contributed by atoms with Crippen molar-refractivity contribution in [1.29, 1.82) is 0 Å². The van der Waals surface area contributed by atoms with Crippen LogP contribution in [-0.2, 0) is 27.5 Å². The Morgan fingerprint density at radius 2 is 1.31 bits per heavy atom. The number of morpholine rings is 2. The summed E-state index contributed by atoms with van der Waals surface area (Å²) >= 11 is 0. The van der Waals surface area contributed by atoms with E-state index in [1.807, 2.05) is 65.6 Å². The van der Waals surface area contributed by atoms with Crippen molar-refractivity contribution < 1.29 is 33.9 Å². The number of hydrogen-bond donors (Lipinski definition) is 2. The minimum atomic E-state index is -1.15. The SMILES string of the molecule is C[Si](C)(C)CCOCn1nc(-c2ccnc(N3CCOCC3)c2)c2cc(OCCO)ccc21.OCCOc1ccc2c(c1)C(c1ccnc(N3CCOCC3)c1)=NC2. The van der Waals surface area contributed by atoms with E-state index in [9.17, 15) is 0 Å². The molecule has 0 aliphatic carbocycles. The molecule has 8 rings (SSSR count). The van der Waals surface area contributed by atoms with Crippen molar-refractivity contribution in [3.63, 3.8) is 0 Å². The number of fused-ring (bicyclic) bond motifs is 2. The Morgan fingerprint density at radius 3 is 1.95 bits per heavy atom. The highest BCUT2D eigenvalue weighted by molar-refractivity contribution is 6.76. The second-order valence-corrected chi connectivity index (χ2v) is 21.1. The number of hydrogen-bond acceptors (Lipinski definition) is 13. The topological polar surface area (TPSA) is 149 Å². The Hall–Kier alpha value is -4.90. The Balaban J connectivity index is 0.000000183. The number of aliphatic imine (C=N–C) groups is 1. The molecule has 0 spiro atoms. The van der Waals surface area contributed by atoms with E-state index >= 15 is 0 Å². The summed E-state index contributed by atoms with van der Waals surface area (Å²) in [5.41, 5.74) is 7.17. The van der Waals surface area contributed by atoms with Crippen LogP contribution in [0.15, 0.2) is 78.0 Å². The molecule has 0 bridgehead atoms. The lowest BCUT2D eigenvalue weighted by Crippen LogP contribution is -2.36. The van der Waals surface area contributed by atoms with Crippen molar-refractivity contribution in [3.05, 3.63) is 89.7 Å². The fraction of sp³-hybridized carbons (Fsp3) is 0.442. The van der Waals surface area contributed by atoms with Crippen LogP contribution in [-0.4, -0.2) is 129 Å². The van der Waals surface area contributed by atoms with E-state index in [-0.39, 0.29) is 19.8 Å². The molecular formula is C43H55N7O7Si. The van der Waals surface area contributed by atoms with E-state index in [2.05, 4.69) is 51.5 Å². The molecule has 2 aromatic carbocycles. The Labute approximate surface area is 341 Å². The number of rotatable bonds is 15. The van der Waals surface area contributed by atoms with Gasteiger partial charge < -0.3 is 43.7 Å². The summed E-state index contributed by atoms with van der Waals surface area (Å²) in [4.78, 5) is 18.3. The average Bonchev–Trinajstić information content (AvgIpc) is 3.85. The lowest BCUT2D eigenvalue weighted by atomic mass is 10.0. The summed E-state index contributed by atoms with van der Waals surface area (Å²) in [6, 6.07) is 21.2. The molecule has 3 aromatic heterocycles. The minimum Gasteiger partial charge on any atom is -0.491 e. The zero-order valence-electron chi connectivity index (χ0n) is 33.8. The third-order valence-electron chi connectivity index (χ3n) is 10.1. The van der Waals surface area contributed by atoms with Crippen LogP contribution < -0.4 is 19.3 Å². The van der Waals surface area contributed by atoms with Gasteiger partial charge in [0.2, 0.25) is 0 Å². The van der Waals surface area contributed by atoms with Gasteiger partial charge in [-0.05, 0) is 66.2 Å². The molecule has 3 aliphatic heterocycles. The minimum absolute atomic E-state index is 0.00525. The van der Waals surface area contributed by atoms with Crippen molar-refractivity contribution in [2.45, 2.75) is 39.0 Å². The summed E-state index contributed by atoms with van der Waals surface area (Å²) < 4.78 is 30.0. The molecule has 0 amide bonds. The normalized spacial score (nSPS) is 15.5. The first-order valence-electron chi connectivity index (χ1n) is 20.1. The molecule has 2 saturated heterocycles. The number of benzene rings is 2. The number of aliphatic hydroxyl groups excluding tert-OH is 2. The maximum Gasteiger partial charge on any atom is 0.140 e. The maximum absolute atomic E-state index is 9.13. The number of anilines is 2. The summed E-state index contributed by atoms with van der Waals surface area (Å²) in [7, 11) is -1.15. The average molecular weight is 810 g/mol. The molecule has 58 heavy (non-hydrogen) atoms. The maximum atomic E-state index is 9.13. The number of ether oxygens (including phenoxy) is 5. The van der Waals surface area contributed by atoms with Crippen molar-refractivity contribution in [3.8, 4) is 22.8 Å². The van der Waals surface area contributed by atoms with Gasteiger partial charge in [0.1, 0.15) is 48.8 Å².